The van der Waals surface area contributed by atoms with Crippen LogP contribution in [0.15, 0.2) is 38.9 Å². The number of anilines is 1. The van der Waals surface area contributed by atoms with Crippen LogP contribution >= 0.6 is 23.1 Å². The molecule has 5 rings (SSSR count). The number of quaternary nitrogens is 1. The van der Waals surface area contributed by atoms with Crippen molar-refractivity contribution < 1.29 is 48.6 Å². The number of nitrogen functional groups attached to an aromatic ring is 1. The predicted octanol–water partition coefficient (Wildman–Crippen LogP) is -0.518. The monoisotopic (exact) mass is 719 g/mol. The molecule has 3 aliphatic heterocycles. The van der Waals surface area contributed by atoms with Gasteiger partial charge in [0.15, 0.2) is 16.6 Å². The first-order valence-electron chi connectivity index (χ1n) is 15.1. The normalized spacial score (nSPS) is 20.3. The summed E-state index contributed by atoms with van der Waals surface area (Å²) in [6, 6.07) is -0.112. The number of carbonyl (C=O) groups excluding carboxylic acids is 3. The van der Waals surface area contributed by atoms with Crippen LogP contribution in [-0.4, -0.2) is 126 Å². The number of oxime groups is 1. The molecule has 8 N–H and O–H groups in total. The van der Waals surface area contributed by atoms with Gasteiger partial charge >= 0.3 is 11.9 Å². The minimum absolute atomic E-state index is 0.00157. The van der Waals surface area contributed by atoms with Crippen LogP contribution in [0.5, 0.6) is 5.75 Å². The zero-order valence-corrected chi connectivity index (χ0v) is 28.1. The zero-order valence-electron chi connectivity index (χ0n) is 26.4. The number of nitrogens with two attached hydrogens (primary N) is 1. The molecule has 0 aliphatic carbocycles. The number of hydrogen-bond acceptors (Lipinski definition) is 13. The summed E-state index contributed by atoms with van der Waals surface area (Å²) < 4.78 is 0.481. The van der Waals surface area contributed by atoms with E-state index in [-0.39, 0.29) is 34.5 Å². The van der Waals surface area contributed by atoms with Gasteiger partial charge in [-0.25, -0.2) is 14.6 Å². The van der Waals surface area contributed by atoms with Crippen LogP contribution in [-0.2, 0) is 24.0 Å². The molecule has 0 spiro atoms. The van der Waals surface area contributed by atoms with Gasteiger partial charge in [-0.2, -0.15) is 0 Å². The Morgan fingerprint density at radius 1 is 1.22 bits per heavy atom. The van der Waals surface area contributed by atoms with E-state index in [1.165, 1.54) is 31.0 Å². The number of carboxylic acids is 2. The Labute approximate surface area is 286 Å². The molecule has 0 radical (unpaired) electrons. The standard InChI is InChI=1S/C29H34N8O10S2/c1-29(2,27(45)46)47-35-19(16-13-49-28(30)33-16)23(41)34-20-24(42)36-21(26(43)44)14(12-48-25(20)36)11-37(6-3-4-7-37)8-5-31-22(40)15-9-17(38)18(39)10-32-15/h9-10,13,20,25H,3-8,11-12H2,1-2H3,(H7-,30,31,32,33,34,35,38,39,40,41,43,44,45,46)/p+1/t20-,25-/m1/s1. The van der Waals surface area contributed by atoms with Crippen molar-refractivity contribution in [3.05, 3.63) is 50.5 Å². The molecule has 18 nitrogen and oxygen atoms in total. The van der Waals surface area contributed by atoms with Crippen molar-refractivity contribution >= 4 is 63.6 Å². The number of H-pyrrole nitrogens is 1. The highest BCUT2D eigenvalue weighted by molar-refractivity contribution is 8.00. The summed E-state index contributed by atoms with van der Waals surface area (Å²) in [6.07, 6.45) is 2.82. The van der Waals surface area contributed by atoms with Crippen LogP contribution in [0.1, 0.15) is 42.9 Å². The fourth-order valence-electron chi connectivity index (χ4n) is 5.78. The van der Waals surface area contributed by atoms with Crippen LogP contribution in [0.3, 0.4) is 0 Å². The number of carbonyl (C=O) groups is 5. The number of thioether (sulfide) groups is 1. The molecule has 49 heavy (non-hydrogen) atoms. The molecule has 2 atom stereocenters. The second-order valence-electron chi connectivity index (χ2n) is 12.3. The summed E-state index contributed by atoms with van der Waals surface area (Å²) in [6.45, 7) is 4.95. The molecule has 20 heteroatoms. The van der Waals surface area contributed by atoms with E-state index in [9.17, 15) is 44.1 Å². The second kappa shape index (κ2) is 13.9. The minimum Gasteiger partial charge on any atom is -0.503 e. The number of nitrogens with one attached hydrogen (secondary N) is 3. The Balaban J connectivity index is 1.29. The number of fused-ring (bicyclic) bond motifs is 1. The number of carboxylic acid groups (broad SMARTS) is 2. The van der Waals surface area contributed by atoms with Crippen LogP contribution < -0.4 is 21.8 Å². The number of aliphatic carboxylic acids is 2. The van der Waals surface area contributed by atoms with Crippen LogP contribution in [0.25, 0.3) is 0 Å². The lowest BCUT2D eigenvalue weighted by atomic mass is 10.0. The first kappa shape index (κ1) is 35.4. The van der Waals surface area contributed by atoms with Gasteiger partial charge in [0, 0.05) is 41.8 Å². The third kappa shape index (κ3) is 7.39. The van der Waals surface area contributed by atoms with Crippen molar-refractivity contribution in [3.8, 4) is 5.75 Å². The van der Waals surface area contributed by atoms with E-state index in [2.05, 4.69) is 25.8 Å². The van der Waals surface area contributed by atoms with E-state index in [1.807, 2.05) is 0 Å². The van der Waals surface area contributed by atoms with E-state index in [0.29, 0.717) is 23.1 Å². The van der Waals surface area contributed by atoms with Gasteiger partial charge in [0.05, 0.1) is 26.2 Å². The van der Waals surface area contributed by atoms with Gasteiger partial charge in [0.2, 0.25) is 11.0 Å². The van der Waals surface area contributed by atoms with E-state index in [4.69, 9.17) is 10.6 Å². The van der Waals surface area contributed by atoms with Crippen LogP contribution in [0, 0.1) is 0 Å². The number of rotatable bonds is 13. The molecule has 2 aromatic heterocycles. The molecule has 262 valence electrons. The zero-order chi connectivity index (χ0) is 35.7. The average Bonchev–Trinajstić information content (AvgIpc) is 3.69. The number of hydrogen-bond donors (Lipinski definition) is 7. The number of likely N-dealkylation sites (tertiary alicyclic amines) is 1. The molecule has 5 heterocycles. The molecule has 2 aromatic rings. The van der Waals surface area contributed by atoms with E-state index in [0.717, 1.165) is 54.4 Å². The van der Waals surface area contributed by atoms with Gasteiger partial charge in [-0.3, -0.25) is 24.1 Å². The number of amides is 3. The van der Waals surface area contributed by atoms with Gasteiger partial charge < -0.3 is 46.0 Å². The van der Waals surface area contributed by atoms with Gasteiger partial charge in [-0.15, -0.1) is 23.1 Å². The lowest BCUT2D eigenvalue weighted by molar-refractivity contribution is -0.911. The molecule has 3 aliphatic rings. The van der Waals surface area contributed by atoms with Crippen LogP contribution in [0.4, 0.5) is 5.13 Å². The fourth-order valence-corrected chi connectivity index (χ4v) is 7.67. The highest BCUT2D eigenvalue weighted by Gasteiger charge is 2.55. The lowest BCUT2D eigenvalue weighted by Gasteiger charge is -2.50. The van der Waals surface area contributed by atoms with Gasteiger partial charge in [-0.1, -0.05) is 5.16 Å². The quantitative estimate of drug-likeness (QED) is 0.0596. The van der Waals surface area contributed by atoms with Crippen molar-refractivity contribution in [2.24, 2.45) is 5.16 Å². The number of aromatic nitrogens is 2. The van der Waals surface area contributed by atoms with E-state index in [1.54, 1.807) is 0 Å². The molecular weight excluding hydrogens is 684 g/mol. The first-order valence-corrected chi connectivity index (χ1v) is 17.0. The first-order chi connectivity index (χ1) is 23.1. The Morgan fingerprint density at radius 2 is 1.94 bits per heavy atom. The van der Waals surface area contributed by atoms with Crippen molar-refractivity contribution in [2.45, 2.75) is 43.7 Å². The maximum absolute atomic E-state index is 13.4. The number of pyridine rings is 1. The number of aromatic amines is 1. The van der Waals surface area contributed by atoms with E-state index >= 15 is 0 Å². The maximum atomic E-state index is 13.4. The molecular formula is C29H35N8O10S2+. The minimum atomic E-state index is -1.79. The van der Waals surface area contributed by atoms with E-state index < -0.39 is 63.6 Å². The Bertz CT molecular complexity index is 1810. The number of aromatic hydroxyl groups is 1. The summed E-state index contributed by atoms with van der Waals surface area (Å²) in [5, 5.41) is 38.9. The third-order valence-electron chi connectivity index (χ3n) is 8.45. The molecule has 0 aromatic carbocycles. The molecule has 2 saturated heterocycles. The summed E-state index contributed by atoms with van der Waals surface area (Å²) in [7, 11) is 0. The molecule has 0 saturated carbocycles. The highest BCUT2D eigenvalue weighted by Crippen LogP contribution is 2.41. The molecule has 3 amide bonds. The summed E-state index contributed by atoms with van der Waals surface area (Å²) >= 11 is 2.30. The Hall–Kier alpha value is -4.95. The second-order valence-corrected chi connectivity index (χ2v) is 14.3. The summed E-state index contributed by atoms with van der Waals surface area (Å²) in [4.78, 5) is 88.1. The van der Waals surface area contributed by atoms with Crippen molar-refractivity contribution in [1.29, 1.82) is 0 Å². The van der Waals surface area contributed by atoms with Crippen molar-refractivity contribution in [1.82, 2.24) is 25.5 Å². The molecule has 2 fully saturated rings. The van der Waals surface area contributed by atoms with Gasteiger partial charge in [0.25, 0.3) is 17.7 Å². The average molecular weight is 720 g/mol. The molecule has 0 bridgehead atoms. The van der Waals surface area contributed by atoms with Crippen molar-refractivity contribution in [2.75, 3.05) is 44.2 Å². The van der Waals surface area contributed by atoms with Crippen molar-refractivity contribution in [3.63, 3.8) is 0 Å². The number of thiazole rings is 1. The van der Waals surface area contributed by atoms with Gasteiger partial charge in [-0.05, 0) is 13.8 Å². The maximum Gasteiger partial charge on any atom is 0.352 e. The Kier molecular flexibility index (Phi) is 10.0. The predicted molar refractivity (Wildman–Crippen MR) is 176 cm³/mol. The molecule has 0 unspecified atom stereocenters. The largest absolute Gasteiger partial charge is 0.503 e. The fraction of sp³-hybridized carbons (Fsp3) is 0.448. The van der Waals surface area contributed by atoms with Gasteiger partial charge in [0.1, 0.15) is 35.0 Å². The smallest absolute Gasteiger partial charge is 0.352 e. The Morgan fingerprint density at radius 3 is 2.55 bits per heavy atom. The summed E-state index contributed by atoms with van der Waals surface area (Å²) in [5.41, 5.74) is 3.21. The number of β-lactam (4-membered cyclic amide) rings is 1. The third-order valence-corrected chi connectivity index (χ3v) is 10.5. The highest BCUT2D eigenvalue weighted by atomic mass is 32.2. The lowest BCUT2D eigenvalue weighted by Crippen LogP contribution is -2.71. The number of nitrogens with zero attached hydrogens (tertiary/aromatic N) is 4. The SMILES string of the molecule is CC(C)(O/N=C(/C(=O)N[C@@H]1C(=O)N2C(C(=O)O)=C(C[N+]3(CCNC(=O)c4cc(=O)c(O)c[nH]4)CCCC3)CS[C@H]12)c1csc(N)n1)C(=O)O. The van der Waals surface area contributed by atoms with Crippen LogP contribution in [0.2, 0.25) is 0 Å². The summed E-state index contributed by atoms with van der Waals surface area (Å²) in [5.74, 6) is -4.93. The topological polar surface area (TPSA) is 267 Å².